The number of nitrogens with zero attached hydrogens (tertiary/aromatic N) is 2. The number of carbonyl (C=O) groups is 3. The van der Waals surface area contributed by atoms with Crippen LogP contribution in [0.15, 0.2) is 36.4 Å². The highest BCUT2D eigenvalue weighted by Gasteiger charge is 2.36. The number of carbonyl (C=O) groups excluding carboxylic acids is 3. The van der Waals surface area contributed by atoms with Gasteiger partial charge in [0, 0.05) is 43.5 Å². The molecule has 2 aliphatic heterocycles. The summed E-state index contributed by atoms with van der Waals surface area (Å²) in [5.74, 6) is -0.536. The Bertz CT molecular complexity index is 1010. The number of anilines is 3. The van der Waals surface area contributed by atoms with Crippen LogP contribution in [0.5, 0.6) is 0 Å². The van der Waals surface area contributed by atoms with Gasteiger partial charge in [0.05, 0.1) is 5.92 Å². The Morgan fingerprint density at radius 3 is 2.62 bits per heavy atom. The third-order valence-corrected chi connectivity index (χ3v) is 5.79. The molecule has 3 amide bonds. The topological polar surface area (TPSA) is 69.7 Å². The van der Waals surface area contributed by atoms with Crippen molar-refractivity contribution in [3.8, 4) is 0 Å². The van der Waals surface area contributed by atoms with E-state index in [1.165, 1.54) is 0 Å². The van der Waals surface area contributed by atoms with Crippen molar-refractivity contribution in [1.29, 1.82) is 0 Å². The standard InChI is InChI=1S/C23H25N3O3/c1-14-4-6-20(15(2)10-14)24-23(29)18-12-22(28)26(13-18)19-5-7-21-17(11-19)8-9-25(21)16(3)27/h4-7,10-11,18H,8-9,12-13H2,1-3H3,(H,24,29)/t18-/m1/s1. The first-order valence-corrected chi connectivity index (χ1v) is 9.93. The molecule has 2 aromatic carbocycles. The fraction of sp³-hybridized carbons (Fsp3) is 0.348. The van der Waals surface area contributed by atoms with Crippen LogP contribution in [0.4, 0.5) is 17.1 Å². The van der Waals surface area contributed by atoms with Crippen molar-refractivity contribution in [2.24, 2.45) is 5.92 Å². The molecule has 150 valence electrons. The van der Waals surface area contributed by atoms with Crippen LogP contribution >= 0.6 is 0 Å². The second kappa shape index (κ2) is 7.35. The molecule has 0 aromatic heterocycles. The second-order valence-corrected chi connectivity index (χ2v) is 7.95. The van der Waals surface area contributed by atoms with Crippen molar-refractivity contribution in [3.63, 3.8) is 0 Å². The van der Waals surface area contributed by atoms with Crippen molar-refractivity contribution in [3.05, 3.63) is 53.1 Å². The Morgan fingerprint density at radius 2 is 1.90 bits per heavy atom. The van der Waals surface area contributed by atoms with Gasteiger partial charge >= 0.3 is 0 Å². The Morgan fingerprint density at radius 1 is 1.10 bits per heavy atom. The van der Waals surface area contributed by atoms with Gasteiger partial charge in [-0.05, 0) is 55.7 Å². The van der Waals surface area contributed by atoms with E-state index in [2.05, 4.69) is 5.32 Å². The van der Waals surface area contributed by atoms with E-state index >= 15 is 0 Å². The lowest BCUT2D eigenvalue weighted by molar-refractivity contribution is -0.122. The molecule has 1 atom stereocenters. The Balaban J connectivity index is 1.48. The van der Waals surface area contributed by atoms with Crippen LogP contribution in [0.2, 0.25) is 0 Å². The van der Waals surface area contributed by atoms with E-state index in [0.717, 1.165) is 40.2 Å². The number of aryl methyl sites for hydroxylation is 2. The van der Waals surface area contributed by atoms with Crippen LogP contribution in [0.3, 0.4) is 0 Å². The Kier molecular flexibility index (Phi) is 4.86. The van der Waals surface area contributed by atoms with Gasteiger partial charge in [0.1, 0.15) is 0 Å². The van der Waals surface area contributed by atoms with Crippen LogP contribution < -0.4 is 15.1 Å². The number of rotatable bonds is 3. The zero-order chi connectivity index (χ0) is 20.7. The number of benzene rings is 2. The average Bonchev–Trinajstić information content (AvgIpc) is 3.27. The van der Waals surface area contributed by atoms with Gasteiger partial charge < -0.3 is 15.1 Å². The van der Waals surface area contributed by atoms with Crippen LogP contribution in [0.25, 0.3) is 0 Å². The number of hydrogen-bond acceptors (Lipinski definition) is 3. The minimum absolute atomic E-state index is 0.0249. The summed E-state index contributed by atoms with van der Waals surface area (Å²) < 4.78 is 0. The van der Waals surface area contributed by atoms with E-state index in [1.54, 1.807) is 16.7 Å². The monoisotopic (exact) mass is 391 g/mol. The number of amides is 3. The van der Waals surface area contributed by atoms with Crippen LogP contribution in [0, 0.1) is 19.8 Å². The molecule has 6 heteroatoms. The molecule has 2 heterocycles. The van der Waals surface area contributed by atoms with Gasteiger partial charge in [0.2, 0.25) is 17.7 Å². The maximum Gasteiger partial charge on any atom is 0.229 e. The largest absolute Gasteiger partial charge is 0.326 e. The van der Waals surface area contributed by atoms with E-state index in [0.29, 0.717) is 13.1 Å². The summed E-state index contributed by atoms with van der Waals surface area (Å²) >= 11 is 0. The van der Waals surface area contributed by atoms with E-state index in [4.69, 9.17) is 0 Å². The van der Waals surface area contributed by atoms with Crippen molar-refractivity contribution < 1.29 is 14.4 Å². The van der Waals surface area contributed by atoms with Crippen LogP contribution in [0.1, 0.15) is 30.0 Å². The second-order valence-electron chi connectivity index (χ2n) is 7.95. The molecule has 2 aromatic rings. The molecule has 1 fully saturated rings. The summed E-state index contributed by atoms with van der Waals surface area (Å²) in [6.45, 7) is 6.57. The smallest absolute Gasteiger partial charge is 0.229 e. The highest BCUT2D eigenvalue weighted by atomic mass is 16.2. The van der Waals surface area contributed by atoms with Gasteiger partial charge in [-0.15, -0.1) is 0 Å². The summed E-state index contributed by atoms with van der Waals surface area (Å²) in [4.78, 5) is 40.5. The van der Waals surface area contributed by atoms with Gasteiger partial charge in [0.25, 0.3) is 0 Å². The Labute approximate surface area is 170 Å². The fourth-order valence-corrected chi connectivity index (χ4v) is 4.20. The summed E-state index contributed by atoms with van der Waals surface area (Å²) in [6, 6.07) is 11.6. The molecular weight excluding hydrogens is 366 g/mol. The molecule has 4 rings (SSSR count). The SMILES string of the molecule is CC(=O)N1CCc2cc(N3C[C@H](C(=O)Nc4ccc(C)cc4C)CC3=O)ccc21. The molecule has 1 N–H and O–H groups in total. The maximum atomic E-state index is 12.7. The molecule has 0 saturated carbocycles. The highest BCUT2D eigenvalue weighted by molar-refractivity contribution is 6.04. The minimum atomic E-state index is -0.384. The van der Waals surface area contributed by atoms with Gasteiger partial charge in [-0.1, -0.05) is 17.7 Å². The molecule has 0 unspecified atom stereocenters. The molecule has 1 saturated heterocycles. The van der Waals surface area contributed by atoms with Crippen LogP contribution in [-0.4, -0.2) is 30.8 Å². The summed E-state index contributed by atoms with van der Waals surface area (Å²) in [7, 11) is 0. The lowest BCUT2D eigenvalue weighted by atomic mass is 10.1. The zero-order valence-corrected chi connectivity index (χ0v) is 17.0. The van der Waals surface area contributed by atoms with E-state index in [1.807, 2.05) is 50.2 Å². The van der Waals surface area contributed by atoms with Gasteiger partial charge in [-0.25, -0.2) is 0 Å². The van der Waals surface area contributed by atoms with E-state index in [-0.39, 0.29) is 30.1 Å². The highest BCUT2D eigenvalue weighted by Crippen LogP contribution is 2.34. The Hall–Kier alpha value is -3.15. The summed E-state index contributed by atoms with van der Waals surface area (Å²) in [5.41, 5.74) is 5.70. The first kappa shape index (κ1) is 19.2. The average molecular weight is 391 g/mol. The van der Waals surface area contributed by atoms with E-state index in [9.17, 15) is 14.4 Å². The number of nitrogens with one attached hydrogen (secondary N) is 1. The molecule has 0 bridgehead atoms. The van der Waals surface area contributed by atoms with Crippen molar-refractivity contribution in [2.45, 2.75) is 33.6 Å². The van der Waals surface area contributed by atoms with Crippen molar-refractivity contribution in [1.82, 2.24) is 0 Å². The molecule has 2 aliphatic rings. The van der Waals surface area contributed by atoms with Crippen molar-refractivity contribution >= 4 is 34.8 Å². The molecule has 0 radical (unpaired) electrons. The third-order valence-electron chi connectivity index (χ3n) is 5.79. The van der Waals surface area contributed by atoms with Crippen LogP contribution in [-0.2, 0) is 20.8 Å². The van der Waals surface area contributed by atoms with E-state index < -0.39 is 0 Å². The minimum Gasteiger partial charge on any atom is -0.326 e. The molecule has 6 nitrogen and oxygen atoms in total. The zero-order valence-electron chi connectivity index (χ0n) is 17.0. The molecule has 0 spiro atoms. The normalized spacial score (nSPS) is 18.2. The summed E-state index contributed by atoms with van der Waals surface area (Å²) in [5, 5.41) is 2.97. The lowest BCUT2D eigenvalue weighted by Crippen LogP contribution is -2.28. The lowest BCUT2D eigenvalue weighted by Gasteiger charge is -2.19. The van der Waals surface area contributed by atoms with Gasteiger partial charge in [-0.2, -0.15) is 0 Å². The van der Waals surface area contributed by atoms with Gasteiger partial charge in [0.15, 0.2) is 0 Å². The number of fused-ring (bicyclic) bond motifs is 1. The molecular formula is C23H25N3O3. The fourth-order valence-electron chi connectivity index (χ4n) is 4.20. The molecule has 0 aliphatic carbocycles. The summed E-state index contributed by atoms with van der Waals surface area (Å²) in [6.07, 6.45) is 0.981. The first-order chi connectivity index (χ1) is 13.8. The molecule has 29 heavy (non-hydrogen) atoms. The van der Waals surface area contributed by atoms with Crippen molar-refractivity contribution in [2.75, 3.05) is 28.2 Å². The predicted molar refractivity (Wildman–Crippen MR) is 113 cm³/mol. The maximum absolute atomic E-state index is 12.7. The quantitative estimate of drug-likeness (QED) is 0.874. The number of hydrogen-bond donors (Lipinski definition) is 1. The predicted octanol–water partition coefficient (Wildman–Crippen LogP) is 3.20. The van der Waals surface area contributed by atoms with Gasteiger partial charge in [-0.3, -0.25) is 14.4 Å². The first-order valence-electron chi connectivity index (χ1n) is 9.93. The third kappa shape index (κ3) is 3.62.